The molecule has 0 aromatic carbocycles. The Kier molecular flexibility index (Phi) is 11.9. The van der Waals surface area contributed by atoms with E-state index in [0.717, 1.165) is 17.2 Å². The zero-order valence-corrected chi connectivity index (χ0v) is 23.4. The van der Waals surface area contributed by atoms with Crippen LogP contribution in [0.3, 0.4) is 0 Å². The average molecular weight is 533 g/mol. The fraction of sp³-hybridized carbons (Fsp3) is 0.500. The minimum atomic E-state index is -4.49. The van der Waals surface area contributed by atoms with E-state index in [9.17, 15) is 13.2 Å². The van der Waals surface area contributed by atoms with Crippen LogP contribution in [0.15, 0.2) is 41.7 Å². The zero-order valence-electron chi connectivity index (χ0n) is 23.4. The predicted octanol–water partition coefficient (Wildman–Crippen LogP) is 6.72. The first kappa shape index (κ1) is 31.0. The van der Waals surface area contributed by atoms with E-state index in [-0.39, 0.29) is 6.04 Å². The van der Waals surface area contributed by atoms with Crippen LogP contribution in [0.2, 0.25) is 0 Å². The van der Waals surface area contributed by atoms with Gasteiger partial charge in [0.2, 0.25) is 0 Å². The lowest BCUT2D eigenvalue weighted by Crippen LogP contribution is -2.44. The highest BCUT2D eigenvalue weighted by Crippen LogP contribution is 2.33. The van der Waals surface area contributed by atoms with E-state index in [4.69, 9.17) is 9.72 Å². The molecule has 7 nitrogen and oxygen atoms in total. The number of nitrogens with one attached hydrogen (secondary N) is 1. The normalized spacial score (nSPS) is 15.8. The van der Waals surface area contributed by atoms with Crippen LogP contribution in [0.1, 0.15) is 70.1 Å². The van der Waals surface area contributed by atoms with Crippen LogP contribution in [0.25, 0.3) is 11.1 Å². The van der Waals surface area contributed by atoms with Crippen LogP contribution in [-0.4, -0.2) is 58.7 Å². The molecule has 208 valence electrons. The first-order valence-electron chi connectivity index (χ1n) is 13.1. The van der Waals surface area contributed by atoms with Crippen molar-refractivity contribution in [2.45, 2.75) is 66.6 Å². The molecule has 1 aliphatic heterocycles. The number of H-pyrrole nitrogens is 1. The summed E-state index contributed by atoms with van der Waals surface area (Å²) in [5, 5.41) is 6.92. The molecular weight excluding hydrogens is 493 g/mol. The molecule has 4 heterocycles. The number of rotatable bonds is 5. The summed E-state index contributed by atoms with van der Waals surface area (Å²) in [6.45, 7) is 14.1. The Morgan fingerprint density at radius 1 is 1.18 bits per heavy atom. The molecule has 38 heavy (non-hydrogen) atoms. The van der Waals surface area contributed by atoms with Crippen LogP contribution in [0, 0.1) is 6.92 Å². The number of halogens is 3. The van der Waals surface area contributed by atoms with Gasteiger partial charge in [0.05, 0.1) is 30.6 Å². The molecule has 4 rings (SSSR count). The van der Waals surface area contributed by atoms with Crippen molar-refractivity contribution in [1.29, 1.82) is 0 Å². The molecule has 0 amide bonds. The summed E-state index contributed by atoms with van der Waals surface area (Å²) < 4.78 is 44.6. The molecule has 3 aromatic heterocycles. The number of alkyl halides is 3. The minimum absolute atomic E-state index is 0.0968. The lowest BCUT2D eigenvalue weighted by atomic mass is 9.97. The maximum atomic E-state index is 13.0. The van der Waals surface area contributed by atoms with Crippen LogP contribution in [-0.2, 0) is 10.9 Å². The number of pyridine rings is 2. The molecule has 0 bridgehead atoms. The molecule has 10 heteroatoms. The maximum Gasteiger partial charge on any atom is 0.433 e. The molecule has 3 aromatic rings. The number of hydrogen-bond donors (Lipinski definition) is 1. The molecule has 1 aliphatic rings. The highest BCUT2D eigenvalue weighted by Gasteiger charge is 2.32. The van der Waals surface area contributed by atoms with Gasteiger partial charge in [0.25, 0.3) is 0 Å². The second kappa shape index (κ2) is 14.6. The third-order valence-electron chi connectivity index (χ3n) is 5.99. The Bertz CT molecular complexity index is 1140. The smallest absolute Gasteiger partial charge is 0.377 e. The van der Waals surface area contributed by atoms with Crippen LogP contribution >= 0.6 is 0 Å². The molecular formula is C28H39F3N6O. The van der Waals surface area contributed by atoms with Crippen molar-refractivity contribution in [3.63, 3.8) is 0 Å². The van der Waals surface area contributed by atoms with Crippen LogP contribution in [0.5, 0.6) is 0 Å². The third kappa shape index (κ3) is 7.63. The van der Waals surface area contributed by atoms with E-state index in [0.29, 0.717) is 48.2 Å². The number of morpholine rings is 1. The highest BCUT2D eigenvalue weighted by molar-refractivity contribution is 6.12. The Morgan fingerprint density at radius 3 is 2.39 bits per heavy atom. The van der Waals surface area contributed by atoms with Gasteiger partial charge < -0.3 is 9.64 Å². The third-order valence-corrected chi connectivity index (χ3v) is 5.99. The van der Waals surface area contributed by atoms with E-state index >= 15 is 0 Å². The largest absolute Gasteiger partial charge is 0.433 e. The van der Waals surface area contributed by atoms with Gasteiger partial charge in [-0.2, -0.15) is 18.3 Å². The van der Waals surface area contributed by atoms with Crippen LogP contribution < -0.4 is 4.90 Å². The van der Waals surface area contributed by atoms with Crippen molar-refractivity contribution in [1.82, 2.24) is 20.2 Å². The van der Waals surface area contributed by atoms with Gasteiger partial charge in [0, 0.05) is 31.5 Å². The maximum absolute atomic E-state index is 13.0. The van der Waals surface area contributed by atoms with Crippen molar-refractivity contribution >= 4 is 11.5 Å². The fourth-order valence-corrected chi connectivity index (χ4v) is 3.80. The quantitative estimate of drug-likeness (QED) is 0.369. The number of nitrogens with zero attached hydrogens (tertiary/aromatic N) is 5. The molecule has 1 atom stereocenters. The molecule has 1 saturated heterocycles. The van der Waals surface area contributed by atoms with E-state index in [1.165, 1.54) is 25.1 Å². The molecule has 0 aliphatic carbocycles. The number of aromatic nitrogens is 4. The molecule has 1 N–H and O–H groups in total. The monoisotopic (exact) mass is 532 g/mol. The molecule has 0 radical (unpaired) electrons. The average Bonchev–Trinajstić information content (AvgIpc) is 3.46. The summed E-state index contributed by atoms with van der Waals surface area (Å²) in [6.07, 6.45) is 1.03. The van der Waals surface area contributed by atoms with Gasteiger partial charge in [0.15, 0.2) is 0 Å². The Labute approximate surface area is 223 Å². The topological polar surface area (TPSA) is 79.3 Å². The van der Waals surface area contributed by atoms with Crippen molar-refractivity contribution in [3.05, 3.63) is 59.3 Å². The summed E-state index contributed by atoms with van der Waals surface area (Å²) in [5.41, 5.74) is 3.11. The lowest BCUT2D eigenvalue weighted by Gasteiger charge is -2.35. The number of aromatic amines is 1. The van der Waals surface area contributed by atoms with Gasteiger partial charge in [-0.15, -0.1) is 0 Å². The van der Waals surface area contributed by atoms with Gasteiger partial charge in [-0.25, -0.2) is 4.98 Å². The first-order valence-corrected chi connectivity index (χ1v) is 13.1. The second-order valence-corrected chi connectivity index (χ2v) is 8.59. The van der Waals surface area contributed by atoms with Crippen molar-refractivity contribution in [2.75, 3.05) is 31.7 Å². The Balaban J connectivity index is 0.000000773. The summed E-state index contributed by atoms with van der Waals surface area (Å²) in [4.78, 5) is 15.1. The number of hydrogen-bond acceptors (Lipinski definition) is 6. The van der Waals surface area contributed by atoms with Crippen LogP contribution in [0.4, 0.5) is 19.0 Å². The summed E-state index contributed by atoms with van der Waals surface area (Å²) in [5.74, 6) is 0.706. The number of unbranched alkanes of at least 4 members (excludes halogenated alkanes) is 1. The van der Waals surface area contributed by atoms with Crippen molar-refractivity contribution in [3.8, 4) is 11.1 Å². The molecule has 0 unspecified atom stereocenters. The Hall–Kier alpha value is -3.27. The van der Waals surface area contributed by atoms with E-state index in [1.807, 2.05) is 33.8 Å². The van der Waals surface area contributed by atoms with Gasteiger partial charge in [0.1, 0.15) is 17.2 Å². The van der Waals surface area contributed by atoms with Gasteiger partial charge in [-0.05, 0) is 43.2 Å². The first-order chi connectivity index (χ1) is 18.2. The van der Waals surface area contributed by atoms with Crippen molar-refractivity contribution < 1.29 is 17.9 Å². The van der Waals surface area contributed by atoms with E-state index in [2.05, 4.69) is 38.9 Å². The Morgan fingerprint density at radius 2 is 1.89 bits per heavy atom. The molecule has 0 spiro atoms. The summed E-state index contributed by atoms with van der Waals surface area (Å²) in [6, 6.07) is 6.22. The zero-order chi connectivity index (χ0) is 28.3. The van der Waals surface area contributed by atoms with Gasteiger partial charge in [-0.3, -0.25) is 15.1 Å². The summed E-state index contributed by atoms with van der Waals surface area (Å²) in [7, 11) is 1.67. The number of ether oxygens (including phenoxy) is 1. The number of aliphatic imine (C=N–C) groups is 1. The second-order valence-electron chi connectivity index (χ2n) is 8.59. The fourth-order valence-electron chi connectivity index (χ4n) is 3.80. The standard InChI is InChI=1S/C22H23F3N6O.C4H10.C2H6/c1-13-12-32-9-8-31(13)19-10-16(15-4-5-18(27-11-15)22(23,24)25)14(2)20(29-19)21(26-3)17-6-7-28-30-17;1-3-4-2;1-2/h4-7,10-11,13H,8-9,12H2,1-3H3,(H,28,30);3-4H2,1-2H3;1-2H3/t13-;;/m1../s1. The number of anilines is 1. The van der Waals surface area contributed by atoms with Gasteiger partial charge in [-0.1, -0.05) is 46.6 Å². The summed E-state index contributed by atoms with van der Waals surface area (Å²) >= 11 is 0. The van der Waals surface area contributed by atoms with Crippen molar-refractivity contribution in [2.24, 2.45) is 4.99 Å². The lowest BCUT2D eigenvalue weighted by molar-refractivity contribution is -0.141. The molecule has 1 fully saturated rings. The van der Waals surface area contributed by atoms with E-state index in [1.54, 1.807) is 19.3 Å². The SMILES string of the molecule is CC.CCCC.CN=C(c1ccn[nH]1)c1nc(N2CCOC[C@H]2C)cc(-c2ccc(C(F)(F)F)nc2)c1C. The van der Waals surface area contributed by atoms with E-state index < -0.39 is 11.9 Å². The minimum Gasteiger partial charge on any atom is -0.377 e. The molecule has 0 saturated carbocycles. The highest BCUT2D eigenvalue weighted by atomic mass is 19.4. The van der Waals surface area contributed by atoms with Gasteiger partial charge >= 0.3 is 6.18 Å². The predicted molar refractivity (Wildman–Crippen MR) is 147 cm³/mol.